The molecule has 0 spiro atoms. The number of aliphatic carboxylic acids is 1. The maximum atomic E-state index is 11.1. The summed E-state index contributed by atoms with van der Waals surface area (Å²) in [4.78, 5) is 13.8. The van der Waals surface area contributed by atoms with E-state index in [4.69, 9.17) is 17.3 Å². The van der Waals surface area contributed by atoms with Gasteiger partial charge in [0.05, 0.1) is 22.1 Å². The number of hydrogen-bond acceptors (Lipinski definition) is 5. The van der Waals surface area contributed by atoms with Crippen LogP contribution in [0.4, 0.5) is 0 Å². The number of thiophene rings is 1. The van der Waals surface area contributed by atoms with Gasteiger partial charge in [-0.1, -0.05) is 18.2 Å². The zero-order valence-electron chi connectivity index (χ0n) is 16.7. The topological polar surface area (TPSA) is 85.2 Å². The molecule has 1 aromatic heterocycles. The van der Waals surface area contributed by atoms with Gasteiger partial charge in [-0.2, -0.15) is 5.10 Å². The van der Waals surface area contributed by atoms with E-state index < -0.39 is 5.97 Å². The van der Waals surface area contributed by atoms with Crippen LogP contribution in [-0.4, -0.2) is 45.0 Å². The molecule has 3 N–H and O–H groups in total. The summed E-state index contributed by atoms with van der Waals surface area (Å²) in [5.41, 5.74) is 7.57. The van der Waals surface area contributed by atoms with E-state index in [-0.39, 0.29) is 11.7 Å². The van der Waals surface area contributed by atoms with Crippen molar-refractivity contribution in [2.45, 2.75) is 33.6 Å². The van der Waals surface area contributed by atoms with E-state index in [9.17, 15) is 9.90 Å². The summed E-state index contributed by atoms with van der Waals surface area (Å²) in [7, 11) is 0. The largest absolute Gasteiger partial charge is 0.506 e. The van der Waals surface area contributed by atoms with Crippen LogP contribution < -0.4 is 5.43 Å². The molecule has 6 nitrogen and oxygen atoms in total. The van der Waals surface area contributed by atoms with E-state index in [1.165, 1.54) is 22.5 Å². The highest BCUT2D eigenvalue weighted by atomic mass is 32.1. The molecular weight excluding hydrogens is 406 g/mol. The first-order chi connectivity index (χ1) is 13.8. The number of carboxylic acids is 1. The van der Waals surface area contributed by atoms with Crippen molar-refractivity contribution >= 4 is 40.3 Å². The van der Waals surface area contributed by atoms with Crippen LogP contribution in [0.5, 0.6) is 5.75 Å². The van der Waals surface area contributed by atoms with Gasteiger partial charge in [0.15, 0.2) is 5.11 Å². The molecular formula is C21H25N3O3S2. The number of carbonyl (C=O) groups is 1. The molecule has 0 saturated carbocycles. The Hall–Kier alpha value is -2.45. The van der Waals surface area contributed by atoms with Gasteiger partial charge in [0.1, 0.15) is 5.75 Å². The highest BCUT2D eigenvalue weighted by molar-refractivity contribution is 7.80. The summed E-state index contributed by atoms with van der Waals surface area (Å²) in [6.07, 6.45) is 1.15. The molecule has 1 aliphatic rings. The number of hydrazone groups is 1. The van der Waals surface area contributed by atoms with E-state index in [2.05, 4.69) is 36.5 Å². The molecule has 8 heteroatoms. The Morgan fingerprint density at radius 2 is 1.97 bits per heavy atom. The standard InChI is InChI=1S/C21H25N3O3S2/c1-12-4-5-16(10-13(12)2)19-18(25)17(11-29-19)14(3)22-23-21(28)24-8-6-15(7-9-24)20(26)27/h4-5,10-11,15,25H,6-9H2,1-3H3,(H,23,28)(H,26,27). The minimum absolute atomic E-state index is 0.217. The molecule has 2 aromatic rings. The van der Waals surface area contributed by atoms with Crippen LogP contribution in [0.25, 0.3) is 10.4 Å². The average Bonchev–Trinajstić information content (AvgIpc) is 3.09. The zero-order valence-corrected chi connectivity index (χ0v) is 18.4. The second-order valence-corrected chi connectivity index (χ2v) is 8.61. The first kappa shape index (κ1) is 21.3. The summed E-state index contributed by atoms with van der Waals surface area (Å²) in [5, 5.41) is 26.5. The lowest BCUT2D eigenvalue weighted by Crippen LogP contribution is -2.44. The van der Waals surface area contributed by atoms with Crippen LogP contribution in [0.2, 0.25) is 0 Å². The summed E-state index contributed by atoms with van der Waals surface area (Å²) in [5.74, 6) is -0.828. The minimum Gasteiger partial charge on any atom is -0.506 e. The third-order valence-corrected chi connectivity index (χ3v) is 6.74. The van der Waals surface area contributed by atoms with Gasteiger partial charge in [0, 0.05) is 18.5 Å². The Bertz CT molecular complexity index is 960. The number of nitrogens with zero attached hydrogens (tertiary/aromatic N) is 2. The van der Waals surface area contributed by atoms with Gasteiger partial charge in [-0.25, -0.2) is 0 Å². The van der Waals surface area contributed by atoms with Gasteiger partial charge in [-0.15, -0.1) is 11.3 Å². The van der Waals surface area contributed by atoms with Crippen molar-refractivity contribution in [3.63, 3.8) is 0 Å². The average molecular weight is 432 g/mol. The molecule has 1 saturated heterocycles. The predicted octanol–water partition coefficient (Wildman–Crippen LogP) is 4.13. The van der Waals surface area contributed by atoms with Crippen LogP contribution in [-0.2, 0) is 4.79 Å². The number of rotatable bonds is 4. The first-order valence-corrected chi connectivity index (χ1v) is 10.8. The van der Waals surface area contributed by atoms with Crippen molar-refractivity contribution in [3.8, 4) is 16.2 Å². The fourth-order valence-electron chi connectivity index (χ4n) is 3.29. The second-order valence-electron chi connectivity index (χ2n) is 7.34. The molecule has 3 rings (SSSR count). The molecule has 2 heterocycles. The van der Waals surface area contributed by atoms with Crippen LogP contribution in [0, 0.1) is 19.8 Å². The minimum atomic E-state index is -0.745. The summed E-state index contributed by atoms with van der Waals surface area (Å²) in [6.45, 7) is 7.13. The van der Waals surface area contributed by atoms with Crippen LogP contribution >= 0.6 is 23.6 Å². The Kier molecular flexibility index (Phi) is 6.54. The van der Waals surface area contributed by atoms with Crippen LogP contribution in [0.1, 0.15) is 36.5 Å². The van der Waals surface area contributed by atoms with Crippen molar-refractivity contribution in [1.82, 2.24) is 10.3 Å². The number of aryl methyl sites for hydroxylation is 2. The molecule has 0 amide bonds. The van der Waals surface area contributed by atoms with E-state index >= 15 is 0 Å². The van der Waals surface area contributed by atoms with Crippen molar-refractivity contribution < 1.29 is 15.0 Å². The number of carboxylic acid groups (broad SMARTS) is 1. The summed E-state index contributed by atoms with van der Waals surface area (Å²) >= 11 is 6.87. The lowest BCUT2D eigenvalue weighted by atomic mass is 9.97. The number of thiocarbonyl (C=S) groups is 1. The summed E-state index contributed by atoms with van der Waals surface area (Å²) < 4.78 is 0. The van der Waals surface area contributed by atoms with Gasteiger partial charge >= 0.3 is 5.97 Å². The number of benzene rings is 1. The van der Waals surface area contributed by atoms with Gasteiger partial charge in [-0.3, -0.25) is 10.2 Å². The molecule has 0 unspecified atom stereocenters. The Balaban J connectivity index is 1.67. The Labute approximate surface area is 179 Å². The van der Waals surface area contributed by atoms with E-state index in [1.807, 2.05) is 23.3 Å². The fourth-order valence-corrected chi connectivity index (χ4v) is 4.52. The smallest absolute Gasteiger partial charge is 0.306 e. The lowest BCUT2D eigenvalue weighted by Gasteiger charge is -2.31. The second kappa shape index (κ2) is 8.92. The lowest BCUT2D eigenvalue weighted by molar-refractivity contribution is -0.143. The van der Waals surface area contributed by atoms with Crippen molar-refractivity contribution in [1.29, 1.82) is 0 Å². The number of piperidine rings is 1. The molecule has 0 atom stereocenters. The monoisotopic (exact) mass is 431 g/mol. The number of aromatic hydroxyl groups is 1. The van der Waals surface area contributed by atoms with Crippen molar-refractivity contribution in [3.05, 3.63) is 40.3 Å². The molecule has 0 aliphatic carbocycles. The number of nitrogens with one attached hydrogen (secondary N) is 1. The molecule has 154 valence electrons. The SMILES string of the molecule is CC(=NNC(=S)N1CCC(C(=O)O)CC1)c1csc(-c2ccc(C)c(C)c2)c1O. The van der Waals surface area contributed by atoms with Crippen molar-refractivity contribution in [2.75, 3.05) is 13.1 Å². The van der Waals surface area contributed by atoms with Gasteiger partial charge in [-0.05, 0) is 62.5 Å². The van der Waals surface area contributed by atoms with Gasteiger partial charge < -0.3 is 15.1 Å². The van der Waals surface area contributed by atoms with Crippen LogP contribution in [0.3, 0.4) is 0 Å². The number of hydrogen-bond donors (Lipinski definition) is 3. The maximum absolute atomic E-state index is 11.1. The van der Waals surface area contributed by atoms with Gasteiger partial charge in [0.2, 0.25) is 0 Å². The Morgan fingerprint density at radius 1 is 1.28 bits per heavy atom. The van der Waals surface area contributed by atoms with E-state index in [1.54, 1.807) is 0 Å². The summed E-state index contributed by atoms with van der Waals surface area (Å²) in [6, 6.07) is 6.14. The van der Waals surface area contributed by atoms with Gasteiger partial charge in [0.25, 0.3) is 0 Å². The van der Waals surface area contributed by atoms with E-state index in [0.29, 0.717) is 42.3 Å². The quantitative estimate of drug-likeness (QED) is 0.383. The maximum Gasteiger partial charge on any atom is 0.306 e. The third kappa shape index (κ3) is 4.76. The Morgan fingerprint density at radius 3 is 2.59 bits per heavy atom. The van der Waals surface area contributed by atoms with Crippen LogP contribution in [0.15, 0.2) is 28.7 Å². The predicted molar refractivity (Wildman–Crippen MR) is 121 cm³/mol. The molecule has 1 fully saturated rings. The highest BCUT2D eigenvalue weighted by Gasteiger charge is 2.25. The third-order valence-electron chi connectivity index (χ3n) is 5.37. The normalized spacial score (nSPS) is 15.4. The molecule has 1 aromatic carbocycles. The number of likely N-dealkylation sites (tertiary alicyclic amines) is 1. The molecule has 0 radical (unpaired) electrons. The fraction of sp³-hybridized carbons (Fsp3) is 0.381. The zero-order chi connectivity index (χ0) is 21.1. The molecule has 0 bridgehead atoms. The molecule has 29 heavy (non-hydrogen) atoms. The van der Waals surface area contributed by atoms with E-state index in [0.717, 1.165) is 10.4 Å². The van der Waals surface area contributed by atoms with Crippen molar-refractivity contribution in [2.24, 2.45) is 11.0 Å². The first-order valence-electron chi connectivity index (χ1n) is 9.48. The molecule has 1 aliphatic heterocycles. The highest BCUT2D eigenvalue weighted by Crippen LogP contribution is 2.39.